The minimum atomic E-state index is -4.57. The Morgan fingerprint density at radius 3 is 2.59 bits per heavy atom. The molecule has 0 aliphatic rings. The van der Waals surface area contributed by atoms with E-state index in [-0.39, 0.29) is 5.82 Å². The summed E-state index contributed by atoms with van der Waals surface area (Å²) >= 11 is 0. The predicted molar refractivity (Wildman–Crippen MR) is 57.7 cm³/mol. The average Bonchev–Trinajstić information content (AvgIpc) is 2.15. The fourth-order valence-corrected chi connectivity index (χ4v) is 1.09. The van der Waals surface area contributed by atoms with Crippen LogP contribution in [0.15, 0.2) is 29.0 Å². The SMILES string of the molecule is CC(N)=CC(C)=Nc1ccnc(C(F)(F)F)n1. The van der Waals surface area contributed by atoms with Gasteiger partial charge in [-0.15, -0.1) is 0 Å². The molecule has 1 heterocycles. The summed E-state index contributed by atoms with van der Waals surface area (Å²) in [6.45, 7) is 3.27. The zero-order chi connectivity index (χ0) is 13.1. The van der Waals surface area contributed by atoms with Gasteiger partial charge in [-0.25, -0.2) is 15.0 Å². The van der Waals surface area contributed by atoms with Gasteiger partial charge in [-0.2, -0.15) is 13.2 Å². The lowest BCUT2D eigenvalue weighted by atomic mass is 10.3. The molecule has 4 nitrogen and oxygen atoms in total. The van der Waals surface area contributed by atoms with E-state index in [1.54, 1.807) is 13.8 Å². The topological polar surface area (TPSA) is 64.2 Å². The largest absolute Gasteiger partial charge is 0.451 e. The Kier molecular flexibility index (Phi) is 3.82. The van der Waals surface area contributed by atoms with E-state index < -0.39 is 12.0 Å². The first-order chi connectivity index (χ1) is 7.79. The van der Waals surface area contributed by atoms with E-state index >= 15 is 0 Å². The minimum absolute atomic E-state index is 0.0534. The van der Waals surface area contributed by atoms with Gasteiger partial charge in [0.25, 0.3) is 0 Å². The molecule has 1 rings (SSSR count). The van der Waals surface area contributed by atoms with Crippen molar-refractivity contribution in [1.29, 1.82) is 0 Å². The average molecular weight is 244 g/mol. The number of halogens is 3. The summed E-state index contributed by atoms with van der Waals surface area (Å²) in [5.41, 5.74) is 6.39. The Bertz CT molecular complexity index is 459. The van der Waals surface area contributed by atoms with Crippen LogP contribution in [0, 0.1) is 0 Å². The van der Waals surface area contributed by atoms with Crippen molar-refractivity contribution in [3.63, 3.8) is 0 Å². The number of hydrogen-bond donors (Lipinski definition) is 1. The lowest BCUT2D eigenvalue weighted by molar-refractivity contribution is -0.144. The van der Waals surface area contributed by atoms with Gasteiger partial charge in [0.05, 0.1) is 0 Å². The Hall–Kier alpha value is -1.92. The molecule has 0 fully saturated rings. The molecular formula is C10H11F3N4. The molecule has 0 bridgehead atoms. The lowest BCUT2D eigenvalue weighted by Crippen LogP contribution is -2.10. The zero-order valence-corrected chi connectivity index (χ0v) is 9.28. The van der Waals surface area contributed by atoms with Gasteiger partial charge in [-0.3, -0.25) is 0 Å². The van der Waals surface area contributed by atoms with Gasteiger partial charge in [0, 0.05) is 23.7 Å². The highest BCUT2D eigenvalue weighted by Crippen LogP contribution is 2.26. The molecule has 0 radical (unpaired) electrons. The van der Waals surface area contributed by atoms with Gasteiger partial charge >= 0.3 is 6.18 Å². The first-order valence-corrected chi connectivity index (χ1v) is 4.68. The molecule has 0 amide bonds. The van der Waals surface area contributed by atoms with Crippen LogP contribution in [0.25, 0.3) is 0 Å². The summed E-state index contributed by atoms with van der Waals surface area (Å²) in [4.78, 5) is 10.3. The van der Waals surface area contributed by atoms with Crippen molar-refractivity contribution in [1.82, 2.24) is 9.97 Å². The normalized spacial score (nSPS) is 13.9. The maximum absolute atomic E-state index is 12.3. The third-order valence-corrected chi connectivity index (χ3v) is 1.62. The van der Waals surface area contributed by atoms with Crippen LogP contribution in [0.2, 0.25) is 0 Å². The number of aromatic nitrogens is 2. The smallest absolute Gasteiger partial charge is 0.402 e. The third-order valence-electron chi connectivity index (χ3n) is 1.62. The van der Waals surface area contributed by atoms with E-state index in [1.807, 2.05) is 0 Å². The van der Waals surface area contributed by atoms with Crippen LogP contribution in [0.3, 0.4) is 0 Å². The number of allylic oxidation sites excluding steroid dienone is 2. The summed E-state index contributed by atoms with van der Waals surface area (Å²) in [6, 6.07) is 1.29. The van der Waals surface area contributed by atoms with E-state index in [2.05, 4.69) is 15.0 Å². The van der Waals surface area contributed by atoms with Gasteiger partial charge in [-0.05, 0) is 19.9 Å². The quantitative estimate of drug-likeness (QED) is 0.812. The highest BCUT2D eigenvalue weighted by molar-refractivity contribution is 5.94. The van der Waals surface area contributed by atoms with Crippen LogP contribution in [-0.2, 0) is 6.18 Å². The van der Waals surface area contributed by atoms with Gasteiger partial charge < -0.3 is 5.73 Å². The molecule has 0 aromatic carbocycles. The lowest BCUT2D eigenvalue weighted by Gasteiger charge is -2.04. The van der Waals surface area contributed by atoms with E-state index in [9.17, 15) is 13.2 Å². The van der Waals surface area contributed by atoms with Crippen molar-refractivity contribution >= 4 is 11.5 Å². The highest BCUT2D eigenvalue weighted by Gasteiger charge is 2.34. The van der Waals surface area contributed by atoms with Crippen LogP contribution in [-0.4, -0.2) is 15.7 Å². The van der Waals surface area contributed by atoms with Crippen molar-refractivity contribution in [3.05, 3.63) is 29.9 Å². The van der Waals surface area contributed by atoms with E-state index in [0.717, 1.165) is 6.20 Å². The molecule has 92 valence electrons. The second-order valence-electron chi connectivity index (χ2n) is 3.38. The van der Waals surface area contributed by atoms with Crippen molar-refractivity contribution in [3.8, 4) is 0 Å². The van der Waals surface area contributed by atoms with Gasteiger partial charge in [0.15, 0.2) is 5.82 Å². The first-order valence-electron chi connectivity index (χ1n) is 4.68. The number of alkyl halides is 3. The van der Waals surface area contributed by atoms with E-state index in [1.165, 1.54) is 12.1 Å². The second kappa shape index (κ2) is 4.94. The van der Waals surface area contributed by atoms with Gasteiger partial charge in [0.2, 0.25) is 5.82 Å². The van der Waals surface area contributed by atoms with Crippen molar-refractivity contribution in [2.45, 2.75) is 20.0 Å². The molecular weight excluding hydrogens is 233 g/mol. The molecule has 0 aliphatic heterocycles. The maximum Gasteiger partial charge on any atom is 0.451 e. The standard InChI is InChI=1S/C10H11F3N4/c1-6(14)5-7(2)16-8-3-4-15-9(17-8)10(11,12)13/h3-5H,14H2,1-2H3. The van der Waals surface area contributed by atoms with Crippen LogP contribution < -0.4 is 5.73 Å². The molecule has 1 aromatic rings. The molecule has 0 aliphatic carbocycles. The van der Waals surface area contributed by atoms with E-state index in [4.69, 9.17) is 5.73 Å². The van der Waals surface area contributed by atoms with Crippen LogP contribution in [0.5, 0.6) is 0 Å². The summed E-state index contributed by atoms with van der Waals surface area (Å²) in [6.07, 6.45) is -2.02. The summed E-state index contributed by atoms with van der Waals surface area (Å²) in [5.74, 6) is -1.26. The Balaban J connectivity index is 3.05. The molecule has 17 heavy (non-hydrogen) atoms. The molecule has 0 spiro atoms. The molecule has 1 aromatic heterocycles. The number of aliphatic imine (C=N–C) groups is 1. The van der Waals surface area contributed by atoms with Crippen LogP contribution in [0.1, 0.15) is 19.7 Å². The summed E-state index contributed by atoms with van der Waals surface area (Å²) in [5, 5.41) is 0. The van der Waals surface area contributed by atoms with Crippen molar-refractivity contribution in [2.75, 3.05) is 0 Å². The number of rotatable bonds is 2. The second-order valence-corrected chi connectivity index (χ2v) is 3.38. The summed E-state index contributed by atoms with van der Waals surface area (Å²) < 4.78 is 36.9. The van der Waals surface area contributed by atoms with Gasteiger partial charge in [-0.1, -0.05) is 0 Å². The van der Waals surface area contributed by atoms with Crippen LogP contribution >= 0.6 is 0 Å². The fraction of sp³-hybridized carbons (Fsp3) is 0.300. The molecule has 2 N–H and O–H groups in total. The summed E-state index contributed by atoms with van der Waals surface area (Å²) in [7, 11) is 0. The fourth-order valence-electron chi connectivity index (χ4n) is 1.09. The van der Waals surface area contributed by atoms with Crippen molar-refractivity contribution < 1.29 is 13.2 Å². The molecule has 0 unspecified atom stereocenters. The maximum atomic E-state index is 12.3. The highest BCUT2D eigenvalue weighted by atomic mass is 19.4. The number of nitrogens with zero attached hydrogens (tertiary/aromatic N) is 3. The Morgan fingerprint density at radius 2 is 2.06 bits per heavy atom. The van der Waals surface area contributed by atoms with Crippen LogP contribution in [0.4, 0.5) is 19.0 Å². The Morgan fingerprint density at radius 1 is 1.41 bits per heavy atom. The number of nitrogens with two attached hydrogens (primary N) is 1. The number of hydrogen-bond acceptors (Lipinski definition) is 4. The van der Waals surface area contributed by atoms with E-state index in [0.29, 0.717) is 11.4 Å². The molecule has 0 saturated heterocycles. The third kappa shape index (κ3) is 4.21. The van der Waals surface area contributed by atoms with Crippen molar-refractivity contribution in [2.24, 2.45) is 10.7 Å². The predicted octanol–water partition coefficient (Wildman–Crippen LogP) is 2.45. The monoisotopic (exact) mass is 244 g/mol. The first kappa shape index (κ1) is 13.1. The molecule has 0 saturated carbocycles. The van der Waals surface area contributed by atoms with Gasteiger partial charge in [0.1, 0.15) is 0 Å². The molecule has 0 atom stereocenters. The zero-order valence-electron chi connectivity index (χ0n) is 9.28. The molecule has 7 heteroatoms. The Labute approximate surface area is 96.1 Å². The minimum Gasteiger partial charge on any atom is -0.402 e.